The van der Waals surface area contributed by atoms with Gasteiger partial charge in [0.05, 0.1) is 18.0 Å². The maximum absolute atomic E-state index is 13.8. The summed E-state index contributed by atoms with van der Waals surface area (Å²) < 4.78 is 19.7. The first-order valence-corrected chi connectivity index (χ1v) is 5.99. The molecule has 0 saturated heterocycles. The molecule has 0 saturated carbocycles. The van der Waals surface area contributed by atoms with Crippen LogP contribution in [0.4, 0.5) is 4.39 Å². The Morgan fingerprint density at radius 1 is 1.33 bits per heavy atom. The number of para-hydroxylation sites is 1. The fraction of sp³-hybridized carbons (Fsp3) is 0.231. The van der Waals surface area contributed by atoms with Crippen molar-refractivity contribution < 1.29 is 9.13 Å². The molecule has 2 rings (SSSR count). The van der Waals surface area contributed by atoms with E-state index in [9.17, 15) is 4.39 Å². The summed E-state index contributed by atoms with van der Waals surface area (Å²) in [6.07, 6.45) is 1.12. The zero-order chi connectivity index (χ0) is 13.1. The van der Waals surface area contributed by atoms with Gasteiger partial charge in [-0.15, -0.1) is 0 Å². The number of aromatic amines is 1. The van der Waals surface area contributed by atoms with E-state index < -0.39 is 5.82 Å². The van der Waals surface area contributed by atoms with Crippen molar-refractivity contribution in [2.24, 2.45) is 0 Å². The van der Waals surface area contributed by atoms with Crippen LogP contribution in [0.5, 0.6) is 5.75 Å². The average molecular weight is 264 g/mol. The van der Waals surface area contributed by atoms with Gasteiger partial charge in [0.1, 0.15) is 5.75 Å². The Morgan fingerprint density at radius 3 is 2.78 bits per heavy atom. The Hall–Kier alpha value is -1.75. The Morgan fingerprint density at radius 2 is 2.06 bits per heavy atom. The summed E-state index contributed by atoms with van der Waals surface area (Å²) in [6.45, 7) is 3.84. The van der Waals surface area contributed by atoms with Crippen LogP contribution in [0.2, 0.25) is 0 Å². The molecule has 94 valence electrons. The van der Waals surface area contributed by atoms with Crippen LogP contribution in [0.15, 0.2) is 30.5 Å². The summed E-state index contributed by atoms with van der Waals surface area (Å²) in [6, 6.07) is 7.24. The van der Waals surface area contributed by atoms with Crippen LogP contribution in [0, 0.1) is 10.6 Å². The van der Waals surface area contributed by atoms with Gasteiger partial charge in [-0.05, 0) is 38.2 Å². The van der Waals surface area contributed by atoms with E-state index in [0.29, 0.717) is 17.0 Å². The highest BCUT2D eigenvalue weighted by atomic mass is 32.1. The average Bonchev–Trinajstić information content (AvgIpc) is 2.32. The molecule has 2 aromatic rings. The van der Waals surface area contributed by atoms with Crippen molar-refractivity contribution in [3.63, 3.8) is 0 Å². The van der Waals surface area contributed by atoms with Gasteiger partial charge in [-0.2, -0.15) is 0 Å². The zero-order valence-electron chi connectivity index (χ0n) is 10.1. The second-order valence-electron chi connectivity index (χ2n) is 4.07. The maximum atomic E-state index is 13.8. The summed E-state index contributed by atoms with van der Waals surface area (Å²) in [4.78, 5) is 6.45. The normalized spacial score (nSPS) is 10.7. The van der Waals surface area contributed by atoms with Crippen molar-refractivity contribution in [3.8, 4) is 17.0 Å². The molecule has 0 radical (unpaired) electrons. The molecule has 0 bridgehead atoms. The van der Waals surface area contributed by atoms with Crippen LogP contribution in [0.25, 0.3) is 11.3 Å². The monoisotopic (exact) mass is 264 g/mol. The van der Waals surface area contributed by atoms with Gasteiger partial charge >= 0.3 is 0 Å². The van der Waals surface area contributed by atoms with Crippen molar-refractivity contribution in [2.75, 3.05) is 0 Å². The van der Waals surface area contributed by atoms with Gasteiger partial charge in [0.15, 0.2) is 10.6 Å². The number of hydrogen-bond acceptors (Lipinski definition) is 3. The molecular formula is C13H13FN2OS. The molecule has 1 N–H and O–H groups in total. The Kier molecular flexibility index (Phi) is 3.72. The van der Waals surface area contributed by atoms with Crippen LogP contribution >= 0.6 is 12.2 Å². The molecule has 0 amide bonds. The molecule has 3 nitrogen and oxygen atoms in total. The number of ether oxygens (including phenoxy) is 1. The van der Waals surface area contributed by atoms with Gasteiger partial charge in [0.25, 0.3) is 0 Å². The first-order chi connectivity index (χ1) is 8.58. The number of halogens is 1. The summed E-state index contributed by atoms with van der Waals surface area (Å²) in [7, 11) is 0. The lowest BCUT2D eigenvalue weighted by Crippen LogP contribution is -2.07. The number of hydrogen-bond donors (Lipinski definition) is 1. The SMILES string of the molecule is CC(C)Oc1ccccc1-c1[nH]c(=S)ncc1F. The molecule has 0 fully saturated rings. The lowest BCUT2D eigenvalue weighted by Gasteiger charge is -2.14. The van der Waals surface area contributed by atoms with E-state index in [-0.39, 0.29) is 10.9 Å². The third kappa shape index (κ3) is 2.73. The molecule has 1 heterocycles. The first-order valence-electron chi connectivity index (χ1n) is 5.59. The minimum atomic E-state index is -0.455. The first kappa shape index (κ1) is 12.7. The van der Waals surface area contributed by atoms with Crippen molar-refractivity contribution in [3.05, 3.63) is 41.1 Å². The fourth-order valence-corrected chi connectivity index (χ4v) is 1.76. The summed E-state index contributed by atoms with van der Waals surface area (Å²) in [5.41, 5.74) is 0.934. The third-order valence-corrected chi connectivity index (χ3v) is 2.49. The maximum Gasteiger partial charge on any atom is 0.197 e. The molecule has 1 aromatic heterocycles. The summed E-state index contributed by atoms with van der Waals surface area (Å²) in [5.74, 6) is 0.159. The van der Waals surface area contributed by atoms with Crippen LogP contribution in [0.1, 0.15) is 13.8 Å². The van der Waals surface area contributed by atoms with E-state index in [2.05, 4.69) is 9.97 Å². The van der Waals surface area contributed by atoms with Gasteiger partial charge in [0, 0.05) is 5.56 Å². The zero-order valence-corrected chi connectivity index (χ0v) is 10.9. The Balaban J connectivity index is 2.56. The smallest absolute Gasteiger partial charge is 0.197 e. The number of nitrogens with zero attached hydrogens (tertiary/aromatic N) is 1. The number of nitrogens with one attached hydrogen (secondary N) is 1. The lowest BCUT2D eigenvalue weighted by molar-refractivity contribution is 0.243. The van der Waals surface area contributed by atoms with Gasteiger partial charge < -0.3 is 9.72 Å². The van der Waals surface area contributed by atoms with E-state index in [4.69, 9.17) is 17.0 Å². The highest BCUT2D eigenvalue weighted by molar-refractivity contribution is 7.71. The number of rotatable bonds is 3. The molecule has 0 spiro atoms. The molecular weight excluding hydrogens is 251 g/mol. The van der Waals surface area contributed by atoms with Crippen molar-refractivity contribution in [1.82, 2.24) is 9.97 Å². The molecule has 1 aromatic carbocycles. The van der Waals surface area contributed by atoms with Crippen molar-refractivity contribution in [1.29, 1.82) is 0 Å². The number of aromatic nitrogens is 2. The highest BCUT2D eigenvalue weighted by Gasteiger charge is 2.12. The van der Waals surface area contributed by atoms with E-state index >= 15 is 0 Å². The van der Waals surface area contributed by atoms with Crippen molar-refractivity contribution in [2.45, 2.75) is 20.0 Å². The predicted octanol–water partition coefficient (Wildman–Crippen LogP) is 3.73. The molecule has 0 unspecified atom stereocenters. The van der Waals surface area contributed by atoms with Gasteiger partial charge in [-0.25, -0.2) is 9.37 Å². The van der Waals surface area contributed by atoms with Crippen molar-refractivity contribution >= 4 is 12.2 Å². The number of benzene rings is 1. The van der Waals surface area contributed by atoms with Gasteiger partial charge in [0.2, 0.25) is 0 Å². The number of H-pyrrole nitrogens is 1. The second-order valence-corrected chi connectivity index (χ2v) is 4.46. The summed E-state index contributed by atoms with van der Waals surface area (Å²) >= 11 is 4.92. The molecule has 0 aliphatic heterocycles. The predicted molar refractivity (Wildman–Crippen MR) is 70.6 cm³/mol. The van der Waals surface area contributed by atoms with Gasteiger partial charge in [-0.1, -0.05) is 12.1 Å². The van der Waals surface area contributed by atoms with Crippen LogP contribution < -0.4 is 4.74 Å². The lowest BCUT2D eigenvalue weighted by atomic mass is 10.1. The van der Waals surface area contributed by atoms with E-state index in [0.717, 1.165) is 6.20 Å². The minimum absolute atomic E-state index is 0.0130. The molecule has 0 aliphatic carbocycles. The van der Waals surface area contributed by atoms with E-state index in [1.165, 1.54) is 0 Å². The van der Waals surface area contributed by atoms with Gasteiger partial charge in [-0.3, -0.25) is 0 Å². The molecule has 0 aliphatic rings. The van der Waals surface area contributed by atoms with Crippen LogP contribution in [0.3, 0.4) is 0 Å². The third-order valence-electron chi connectivity index (χ3n) is 2.28. The Bertz CT molecular complexity index is 610. The molecule has 5 heteroatoms. The largest absolute Gasteiger partial charge is 0.490 e. The van der Waals surface area contributed by atoms with E-state index in [1.54, 1.807) is 12.1 Å². The molecule has 0 atom stereocenters. The topological polar surface area (TPSA) is 37.9 Å². The van der Waals surface area contributed by atoms with Crippen LogP contribution in [-0.2, 0) is 0 Å². The summed E-state index contributed by atoms with van der Waals surface area (Å²) in [5, 5.41) is 0. The fourth-order valence-electron chi connectivity index (χ4n) is 1.60. The standard InChI is InChI=1S/C13H13FN2OS/c1-8(2)17-11-6-4-3-5-9(11)12-10(14)7-15-13(18)16-12/h3-8H,1-2H3,(H,15,16,18). The highest BCUT2D eigenvalue weighted by Crippen LogP contribution is 2.30. The molecule has 18 heavy (non-hydrogen) atoms. The van der Waals surface area contributed by atoms with Crippen LogP contribution in [-0.4, -0.2) is 16.1 Å². The minimum Gasteiger partial charge on any atom is -0.490 e. The quantitative estimate of drug-likeness (QED) is 0.858. The Labute approximate surface area is 110 Å². The second kappa shape index (κ2) is 5.27. The van der Waals surface area contributed by atoms with E-state index in [1.807, 2.05) is 26.0 Å².